The number of nitrogens with two attached hydrogens (primary N) is 1. The molecule has 0 radical (unpaired) electrons. The number of hydrogen-bond donors (Lipinski definition) is 1. The minimum absolute atomic E-state index is 0.212. The van der Waals surface area contributed by atoms with E-state index in [0.29, 0.717) is 5.25 Å². The van der Waals surface area contributed by atoms with Gasteiger partial charge in [-0.15, -0.1) is 11.8 Å². The van der Waals surface area contributed by atoms with E-state index in [2.05, 4.69) is 41.1 Å². The zero-order valence-electron chi connectivity index (χ0n) is 7.46. The van der Waals surface area contributed by atoms with Crippen molar-refractivity contribution in [1.82, 2.24) is 0 Å². The molecule has 1 aliphatic rings. The molecule has 0 spiro atoms. The molecule has 2 rings (SSSR count). The minimum atomic E-state index is 0.212. The van der Waals surface area contributed by atoms with Crippen LogP contribution in [-0.4, -0.2) is 5.25 Å². The third-order valence-electron chi connectivity index (χ3n) is 2.29. The van der Waals surface area contributed by atoms with Gasteiger partial charge in [0, 0.05) is 20.7 Å². The molecule has 1 aromatic carbocycles. The Balaban J connectivity index is 2.43. The van der Waals surface area contributed by atoms with E-state index >= 15 is 0 Å². The van der Waals surface area contributed by atoms with Crippen LogP contribution in [0.15, 0.2) is 27.6 Å². The van der Waals surface area contributed by atoms with Crippen LogP contribution in [0, 0.1) is 0 Å². The summed E-state index contributed by atoms with van der Waals surface area (Å²) in [4.78, 5) is 1.34. The maximum Gasteiger partial charge on any atom is 0.0317 e. The van der Waals surface area contributed by atoms with Crippen LogP contribution in [-0.2, 0) is 0 Å². The fraction of sp³-hybridized carbons (Fsp3) is 0.400. The van der Waals surface area contributed by atoms with E-state index in [1.54, 1.807) is 0 Å². The monoisotopic (exact) mass is 257 g/mol. The van der Waals surface area contributed by atoms with Gasteiger partial charge in [-0.3, -0.25) is 0 Å². The number of benzene rings is 1. The van der Waals surface area contributed by atoms with Crippen molar-refractivity contribution in [3.8, 4) is 0 Å². The first-order valence-corrected chi connectivity index (χ1v) is 6.06. The van der Waals surface area contributed by atoms with Crippen molar-refractivity contribution >= 4 is 27.7 Å². The lowest BCUT2D eigenvalue weighted by molar-refractivity contribution is 0.624. The lowest BCUT2D eigenvalue weighted by atomic mass is 10.0. The van der Waals surface area contributed by atoms with Gasteiger partial charge in [-0.25, -0.2) is 0 Å². The number of rotatable bonds is 0. The molecule has 2 N–H and O–H groups in total. The molecule has 1 nitrogen and oxygen atoms in total. The van der Waals surface area contributed by atoms with Crippen molar-refractivity contribution in [2.45, 2.75) is 29.5 Å². The highest BCUT2D eigenvalue weighted by Gasteiger charge is 2.22. The highest BCUT2D eigenvalue weighted by molar-refractivity contribution is 9.10. The molecule has 13 heavy (non-hydrogen) atoms. The lowest BCUT2D eigenvalue weighted by Crippen LogP contribution is -2.20. The highest BCUT2D eigenvalue weighted by atomic mass is 79.9. The Bertz CT molecular complexity index is 327. The summed E-state index contributed by atoms with van der Waals surface area (Å²) in [6.45, 7) is 2.23. The van der Waals surface area contributed by atoms with Gasteiger partial charge in [-0.1, -0.05) is 22.9 Å². The van der Waals surface area contributed by atoms with E-state index in [1.807, 2.05) is 11.8 Å². The van der Waals surface area contributed by atoms with E-state index in [-0.39, 0.29) is 6.04 Å². The molecule has 0 fully saturated rings. The second kappa shape index (κ2) is 3.64. The summed E-state index contributed by atoms with van der Waals surface area (Å²) < 4.78 is 1.12. The topological polar surface area (TPSA) is 26.0 Å². The molecule has 1 aliphatic heterocycles. The Kier molecular flexibility index (Phi) is 2.67. The summed E-state index contributed by atoms with van der Waals surface area (Å²) in [5, 5.41) is 0.642. The molecular formula is C10H12BrNS. The van der Waals surface area contributed by atoms with Gasteiger partial charge in [0.25, 0.3) is 0 Å². The molecule has 0 saturated carbocycles. The zero-order chi connectivity index (χ0) is 9.42. The first-order valence-electron chi connectivity index (χ1n) is 4.38. The summed E-state index contributed by atoms with van der Waals surface area (Å²) in [7, 11) is 0. The van der Waals surface area contributed by atoms with Crippen molar-refractivity contribution in [3.05, 3.63) is 28.2 Å². The van der Waals surface area contributed by atoms with Crippen molar-refractivity contribution < 1.29 is 0 Å². The number of hydrogen-bond acceptors (Lipinski definition) is 2. The third-order valence-corrected chi connectivity index (χ3v) is 4.00. The average molecular weight is 258 g/mol. The predicted molar refractivity (Wildman–Crippen MR) is 61.0 cm³/mol. The van der Waals surface area contributed by atoms with E-state index in [0.717, 1.165) is 10.9 Å². The zero-order valence-corrected chi connectivity index (χ0v) is 9.86. The number of thioether (sulfide) groups is 1. The Labute approximate surface area is 91.2 Å². The predicted octanol–water partition coefficient (Wildman–Crippen LogP) is 3.33. The van der Waals surface area contributed by atoms with Crippen LogP contribution in [0.2, 0.25) is 0 Å². The molecule has 2 unspecified atom stereocenters. The quantitative estimate of drug-likeness (QED) is 0.772. The van der Waals surface area contributed by atoms with Crippen LogP contribution in [0.25, 0.3) is 0 Å². The molecule has 70 valence electrons. The van der Waals surface area contributed by atoms with Crippen LogP contribution in [0.1, 0.15) is 24.9 Å². The molecule has 0 saturated heterocycles. The van der Waals surface area contributed by atoms with E-state index < -0.39 is 0 Å². The van der Waals surface area contributed by atoms with Crippen molar-refractivity contribution in [2.75, 3.05) is 0 Å². The molecule has 0 aliphatic carbocycles. The Morgan fingerprint density at radius 1 is 1.54 bits per heavy atom. The van der Waals surface area contributed by atoms with Gasteiger partial charge in [0.15, 0.2) is 0 Å². The smallest absolute Gasteiger partial charge is 0.0317 e. The van der Waals surface area contributed by atoms with Crippen LogP contribution < -0.4 is 5.73 Å². The summed E-state index contributed by atoms with van der Waals surface area (Å²) in [6, 6.07) is 6.58. The standard InChI is InChI=1S/C10H12BrNS/c1-6-4-9(12)8-5-7(11)2-3-10(8)13-6/h2-3,5-6,9H,4,12H2,1H3. The second-order valence-electron chi connectivity index (χ2n) is 3.45. The van der Waals surface area contributed by atoms with Gasteiger partial charge in [-0.2, -0.15) is 0 Å². The van der Waals surface area contributed by atoms with Crippen LogP contribution >= 0.6 is 27.7 Å². The molecule has 0 bridgehead atoms. The summed E-state index contributed by atoms with van der Waals surface area (Å²) in [5.74, 6) is 0. The van der Waals surface area contributed by atoms with E-state index in [4.69, 9.17) is 5.73 Å². The first kappa shape index (κ1) is 9.56. The van der Waals surface area contributed by atoms with E-state index in [9.17, 15) is 0 Å². The molecule has 1 heterocycles. The summed E-state index contributed by atoms with van der Waals surface area (Å²) in [5.41, 5.74) is 7.36. The fourth-order valence-electron chi connectivity index (χ4n) is 1.67. The minimum Gasteiger partial charge on any atom is -0.324 e. The first-order chi connectivity index (χ1) is 6.16. The molecular weight excluding hydrogens is 246 g/mol. The molecule has 2 atom stereocenters. The second-order valence-corrected chi connectivity index (χ2v) is 5.85. The van der Waals surface area contributed by atoms with Crippen molar-refractivity contribution in [3.63, 3.8) is 0 Å². The maximum absolute atomic E-state index is 6.07. The molecule has 1 aromatic rings. The molecule has 0 aromatic heterocycles. The van der Waals surface area contributed by atoms with Gasteiger partial charge in [-0.05, 0) is 30.2 Å². The normalized spacial score (nSPS) is 27.0. The molecule has 3 heteroatoms. The lowest BCUT2D eigenvalue weighted by Gasteiger charge is -2.26. The van der Waals surface area contributed by atoms with Crippen molar-refractivity contribution in [2.24, 2.45) is 5.73 Å². The number of fused-ring (bicyclic) bond motifs is 1. The van der Waals surface area contributed by atoms with Crippen LogP contribution in [0.3, 0.4) is 0 Å². The summed E-state index contributed by atoms with van der Waals surface area (Å²) >= 11 is 5.39. The maximum atomic E-state index is 6.07. The average Bonchev–Trinajstić information content (AvgIpc) is 2.06. The van der Waals surface area contributed by atoms with Gasteiger partial charge in [0.05, 0.1) is 0 Å². The van der Waals surface area contributed by atoms with Gasteiger partial charge in [0.1, 0.15) is 0 Å². The third kappa shape index (κ3) is 1.92. The van der Waals surface area contributed by atoms with Gasteiger partial charge in [0.2, 0.25) is 0 Å². The van der Waals surface area contributed by atoms with Crippen molar-refractivity contribution in [1.29, 1.82) is 0 Å². The van der Waals surface area contributed by atoms with Gasteiger partial charge < -0.3 is 5.73 Å². The van der Waals surface area contributed by atoms with Crippen LogP contribution in [0.5, 0.6) is 0 Å². The number of halogens is 1. The molecule has 0 amide bonds. The Morgan fingerprint density at radius 2 is 2.31 bits per heavy atom. The van der Waals surface area contributed by atoms with E-state index in [1.165, 1.54) is 10.5 Å². The van der Waals surface area contributed by atoms with Crippen LogP contribution in [0.4, 0.5) is 0 Å². The highest BCUT2D eigenvalue weighted by Crippen LogP contribution is 2.40. The SMILES string of the molecule is CC1CC(N)c2cc(Br)ccc2S1. The Hall–Kier alpha value is 0.01000. The fourth-order valence-corrected chi connectivity index (χ4v) is 3.27. The summed E-state index contributed by atoms with van der Waals surface area (Å²) in [6.07, 6.45) is 1.08. The van der Waals surface area contributed by atoms with Gasteiger partial charge >= 0.3 is 0 Å². The largest absolute Gasteiger partial charge is 0.324 e. The Morgan fingerprint density at radius 3 is 3.08 bits per heavy atom.